The maximum absolute atomic E-state index is 5.74. The van der Waals surface area contributed by atoms with Crippen LogP contribution in [0.25, 0.3) is 55.0 Å². The van der Waals surface area contributed by atoms with E-state index in [1.54, 1.807) is 6.26 Å². The summed E-state index contributed by atoms with van der Waals surface area (Å²) in [5, 5.41) is 4.60. The number of benzene rings is 3. The summed E-state index contributed by atoms with van der Waals surface area (Å²) in [6.45, 7) is 8.82. The monoisotopic (exact) mass is 442 g/mol. The average Bonchev–Trinajstić information content (AvgIpc) is 3.31. The van der Waals surface area contributed by atoms with Gasteiger partial charge in [0.05, 0.1) is 12.0 Å². The van der Waals surface area contributed by atoms with Gasteiger partial charge in [0.2, 0.25) is 0 Å². The van der Waals surface area contributed by atoms with Gasteiger partial charge in [-0.1, -0.05) is 51.1 Å². The third-order valence-electron chi connectivity index (χ3n) is 6.60. The van der Waals surface area contributed by atoms with Crippen molar-refractivity contribution >= 4 is 32.6 Å². The first-order chi connectivity index (χ1) is 16.4. The Morgan fingerprint density at radius 1 is 0.735 bits per heavy atom. The zero-order valence-corrected chi connectivity index (χ0v) is 19.9. The molecule has 0 atom stereocenters. The molecule has 166 valence electrons. The summed E-state index contributed by atoms with van der Waals surface area (Å²) in [6, 6.07) is 24.0. The summed E-state index contributed by atoms with van der Waals surface area (Å²) in [5.41, 5.74) is 8.62. The van der Waals surface area contributed by atoms with Crippen LogP contribution in [0.5, 0.6) is 0 Å². The van der Waals surface area contributed by atoms with E-state index in [0.29, 0.717) is 0 Å². The van der Waals surface area contributed by atoms with Gasteiger partial charge in [-0.2, -0.15) is 0 Å². The molecule has 0 amide bonds. The first-order valence-corrected chi connectivity index (χ1v) is 11.6. The van der Waals surface area contributed by atoms with Crippen molar-refractivity contribution in [1.29, 1.82) is 0 Å². The topological polar surface area (TPSA) is 38.9 Å². The number of aryl methyl sites for hydroxylation is 1. The van der Waals surface area contributed by atoms with E-state index in [4.69, 9.17) is 9.40 Å². The molecule has 6 rings (SSSR count). The Hall–Kier alpha value is -3.98. The third-order valence-corrected chi connectivity index (χ3v) is 6.60. The highest BCUT2D eigenvalue weighted by molar-refractivity contribution is 6.09. The lowest BCUT2D eigenvalue weighted by Gasteiger charge is -2.19. The van der Waals surface area contributed by atoms with Crippen molar-refractivity contribution in [3.05, 3.63) is 96.5 Å². The van der Waals surface area contributed by atoms with Crippen molar-refractivity contribution in [3.8, 4) is 22.4 Å². The second kappa shape index (κ2) is 7.53. The third kappa shape index (κ3) is 3.45. The molecule has 0 aliphatic rings. The van der Waals surface area contributed by atoms with E-state index >= 15 is 0 Å². The molecule has 3 nitrogen and oxygen atoms in total. The Kier molecular flexibility index (Phi) is 4.56. The Bertz CT molecular complexity index is 1700. The summed E-state index contributed by atoms with van der Waals surface area (Å²) in [4.78, 5) is 9.43. The number of pyridine rings is 2. The van der Waals surface area contributed by atoms with Gasteiger partial charge in [-0.25, -0.2) is 0 Å². The molecule has 0 bridgehead atoms. The zero-order chi connectivity index (χ0) is 23.4. The van der Waals surface area contributed by atoms with Crippen molar-refractivity contribution < 1.29 is 4.42 Å². The van der Waals surface area contributed by atoms with Crippen LogP contribution in [0.4, 0.5) is 0 Å². The maximum atomic E-state index is 5.74. The van der Waals surface area contributed by atoms with Gasteiger partial charge in [-0.3, -0.25) is 9.97 Å². The fourth-order valence-corrected chi connectivity index (χ4v) is 4.68. The molecule has 0 saturated carbocycles. The van der Waals surface area contributed by atoms with Crippen molar-refractivity contribution in [2.45, 2.75) is 33.1 Å². The van der Waals surface area contributed by atoms with Crippen molar-refractivity contribution in [3.63, 3.8) is 0 Å². The first kappa shape index (κ1) is 20.6. The van der Waals surface area contributed by atoms with Gasteiger partial charge in [0.1, 0.15) is 5.52 Å². The summed E-state index contributed by atoms with van der Waals surface area (Å²) in [5.74, 6) is 0. The lowest BCUT2D eigenvalue weighted by Crippen LogP contribution is -2.10. The molecule has 0 fully saturated rings. The van der Waals surface area contributed by atoms with E-state index in [0.717, 1.165) is 44.3 Å². The van der Waals surface area contributed by atoms with Crippen LogP contribution < -0.4 is 0 Å². The van der Waals surface area contributed by atoms with Gasteiger partial charge in [0, 0.05) is 28.7 Å². The molecular formula is C31H26N2O. The van der Waals surface area contributed by atoms with Gasteiger partial charge in [-0.15, -0.1) is 0 Å². The van der Waals surface area contributed by atoms with E-state index in [1.807, 2.05) is 18.5 Å². The van der Waals surface area contributed by atoms with Gasteiger partial charge in [0.15, 0.2) is 5.58 Å². The molecule has 3 heterocycles. The van der Waals surface area contributed by atoms with Gasteiger partial charge >= 0.3 is 0 Å². The van der Waals surface area contributed by atoms with Crippen LogP contribution in [0.1, 0.15) is 31.9 Å². The van der Waals surface area contributed by atoms with E-state index in [9.17, 15) is 0 Å². The highest BCUT2D eigenvalue weighted by Crippen LogP contribution is 2.36. The minimum absolute atomic E-state index is 0.138. The normalized spacial score (nSPS) is 12.1. The van der Waals surface area contributed by atoms with E-state index in [1.165, 1.54) is 21.9 Å². The smallest absolute Gasteiger partial charge is 0.160 e. The number of furan rings is 1. The van der Waals surface area contributed by atoms with Crippen LogP contribution >= 0.6 is 0 Å². The van der Waals surface area contributed by atoms with Crippen molar-refractivity contribution in [2.75, 3.05) is 0 Å². The molecule has 0 N–H and O–H groups in total. The molecule has 3 aromatic heterocycles. The molecule has 0 saturated heterocycles. The van der Waals surface area contributed by atoms with Crippen molar-refractivity contribution in [1.82, 2.24) is 9.97 Å². The minimum atomic E-state index is 0.138. The average molecular weight is 443 g/mol. The van der Waals surface area contributed by atoms with Crippen LogP contribution in [-0.4, -0.2) is 9.97 Å². The summed E-state index contributed by atoms with van der Waals surface area (Å²) in [6.07, 6.45) is 5.50. The minimum Gasteiger partial charge on any atom is -0.462 e. The summed E-state index contributed by atoms with van der Waals surface area (Å²) in [7, 11) is 0. The fraction of sp³-hybridized carbons (Fsp3) is 0.161. The highest BCUT2D eigenvalue weighted by atomic mass is 16.3. The van der Waals surface area contributed by atoms with E-state index in [2.05, 4.69) is 93.3 Å². The summed E-state index contributed by atoms with van der Waals surface area (Å²) < 4.78 is 5.74. The molecule has 3 heteroatoms. The highest BCUT2D eigenvalue weighted by Gasteiger charge is 2.15. The molecule has 3 aromatic carbocycles. The van der Waals surface area contributed by atoms with Gasteiger partial charge < -0.3 is 4.42 Å². The standard InChI is InChI=1S/C31H26N2O/c1-19-13-27-26(16-24-10-12-34-30(24)29(27)33-18-19)28-17-23(9-11-32-28)20-5-6-22-15-25(31(2,3)4)8-7-21(22)14-20/h5-18H,1-4H3. The maximum Gasteiger partial charge on any atom is 0.160 e. The van der Waals surface area contributed by atoms with Crippen LogP contribution in [0.15, 0.2) is 89.8 Å². The molecule has 6 aromatic rings. The number of aromatic nitrogens is 2. The molecule has 0 radical (unpaired) electrons. The number of fused-ring (bicyclic) bond motifs is 4. The van der Waals surface area contributed by atoms with E-state index < -0.39 is 0 Å². The number of rotatable bonds is 2. The second-order valence-electron chi connectivity index (χ2n) is 10.1. The Morgan fingerprint density at radius 2 is 1.53 bits per heavy atom. The predicted octanol–water partition coefficient (Wildman–Crippen LogP) is 8.47. The van der Waals surface area contributed by atoms with Crippen LogP contribution in [0.2, 0.25) is 0 Å². The Balaban J connectivity index is 1.49. The zero-order valence-electron chi connectivity index (χ0n) is 19.9. The molecule has 0 spiro atoms. The molecule has 0 aliphatic heterocycles. The SMILES string of the molecule is Cc1cnc2c(c1)c(-c1cc(-c3ccc4cc(C(C)(C)C)ccc4c3)ccn1)cc1ccoc12. The first-order valence-electron chi connectivity index (χ1n) is 11.6. The Labute approximate surface area is 199 Å². The quantitative estimate of drug-likeness (QED) is 0.270. The number of nitrogens with zero attached hydrogens (tertiary/aromatic N) is 2. The molecular weight excluding hydrogens is 416 g/mol. The van der Waals surface area contributed by atoms with Gasteiger partial charge in [0.25, 0.3) is 0 Å². The number of hydrogen-bond acceptors (Lipinski definition) is 3. The van der Waals surface area contributed by atoms with Gasteiger partial charge in [-0.05, 0) is 81.8 Å². The Morgan fingerprint density at radius 3 is 2.38 bits per heavy atom. The van der Waals surface area contributed by atoms with Crippen LogP contribution in [0.3, 0.4) is 0 Å². The lowest BCUT2D eigenvalue weighted by molar-refractivity contribution is 0.591. The second-order valence-corrected chi connectivity index (χ2v) is 10.1. The van der Waals surface area contributed by atoms with Crippen LogP contribution in [-0.2, 0) is 5.41 Å². The fourth-order valence-electron chi connectivity index (χ4n) is 4.68. The number of hydrogen-bond donors (Lipinski definition) is 0. The molecule has 34 heavy (non-hydrogen) atoms. The van der Waals surface area contributed by atoms with Crippen molar-refractivity contribution in [2.24, 2.45) is 0 Å². The lowest BCUT2D eigenvalue weighted by atomic mass is 9.85. The van der Waals surface area contributed by atoms with Crippen LogP contribution in [0, 0.1) is 6.92 Å². The molecule has 0 aliphatic carbocycles. The molecule has 0 unspecified atom stereocenters. The van der Waals surface area contributed by atoms with E-state index in [-0.39, 0.29) is 5.41 Å². The predicted molar refractivity (Wildman–Crippen MR) is 141 cm³/mol. The summed E-state index contributed by atoms with van der Waals surface area (Å²) >= 11 is 0. The largest absolute Gasteiger partial charge is 0.462 e.